The molecule has 6 nitrogen and oxygen atoms in total. The van der Waals surface area contributed by atoms with Gasteiger partial charge in [0, 0.05) is 27.0 Å². The number of carbonyl (C=O) groups excluding carboxylic acids is 2. The van der Waals surface area contributed by atoms with E-state index in [9.17, 15) is 9.59 Å². The van der Waals surface area contributed by atoms with Crippen LogP contribution in [0.3, 0.4) is 0 Å². The number of nitrogens with one attached hydrogen (secondary N) is 2. The molecule has 2 aliphatic rings. The number of ether oxygens (including phenoxy) is 1. The van der Waals surface area contributed by atoms with E-state index < -0.39 is 17.7 Å². The highest BCUT2D eigenvalue weighted by atomic mass is 35.5. The van der Waals surface area contributed by atoms with Crippen LogP contribution in [0.5, 0.6) is 5.75 Å². The van der Waals surface area contributed by atoms with Gasteiger partial charge >= 0.3 is 6.03 Å². The molecule has 0 radical (unpaired) electrons. The van der Waals surface area contributed by atoms with E-state index in [-0.39, 0.29) is 11.9 Å². The van der Waals surface area contributed by atoms with Crippen molar-refractivity contribution in [3.8, 4) is 5.75 Å². The summed E-state index contributed by atoms with van der Waals surface area (Å²) in [5.41, 5.74) is 2.60. The summed E-state index contributed by atoms with van der Waals surface area (Å²) in [5.74, 6) is -0.510. The summed E-state index contributed by atoms with van der Waals surface area (Å²) in [6, 6.07) is 17.0. The zero-order valence-electron chi connectivity index (χ0n) is 18.9. The first-order valence-corrected chi connectivity index (χ1v) is 11.7. The molecular weight excluding hydrogens is 473 g/mol. The van der Waals surface area contributed by atoms with Crippen LogP contribution < -0.4 is 20.3 Å². The van der Waals surface area contributed by atoms with E-state index in [1.165, 1.54) is 4.90 Å². The fourth-order valence-corrected chi connectivity index (χ4v) is 5.28. The fraction of sp³-hybridized carbons (Fsp3) is 0.231. The van der Waals surface area contributed by atoms with Crippen molar-refractivity contribution in [2.24, 2.45) is 5.92 Å². The molecule has 3 aromatic carbocycles. The number of nitrogens with zero attached hydrogens (tertiary/aromatic N) is 1. The summed E-state index contributed by atoms with van der Waals surface area (Å²) in [5, 5.41) is 7.06. The minimum Gasteiger partial charge on any atom is -0.466 e. The third kappa shape index (κ3) is 3.77. The summed E-state index contributed by atoms with van der Waals surface area (Å²) in [7, 11) is 0. The van der Waals surface area contributed by atoms with E-state index in [4.69, 9.17) is 27.9 Å². The van der Waals surface area contributed by atoms with Gasteiger partial charge in [-0.15, -0.1) is 0 Å². The van der Waals surface area contributed by atoms with E-state index in [0.717, 1.165) is 11.1 Å². The molecule has 0 spiro atoms. The van der Waals surface area contributed by atoms with Crippen molar-refractivity contribution in [1.29, 1.82) is 0 Å². The van der Waals surface area contributed by atoms with Crippen molar-refractivity contribution in [2.45, 2.75) is 32.5 Å². The first-order chi connectivity index (χ1) is 16.2. The number of rotatable bonds is 3. The second kappa shape index (κ2) is 8.22. The smallest absolute Gasteiger partial charge is 0.325 e. The van der Waals surface area contributed by atoms with E-state index >= 15 is 0 Å². The molecule has 2 aliphatic heterocycles. The Bertz CT molecular complexity index is 1290. The van der Waals surface area contributed by atoms with Crippen LogP contribution in [0.2, 0.25) is 10.0 Å². The molecule has 34 heavy (non-hydrogen) atoms. The van der Waals surface area contributed by atoms with Crippen molar-refractivity contribution in [3.63, 3.8) is 0 Å². The molecular formula is C26H23Cl2N3O3. The molecule has 3 aromatic rings. The van der Waals surface area contributed by atoms with Gasteiger partial charge in [0.1, 0.15) is 11.7 Å². The minimum atomic E-state index is -1.30. The predicted octanol–water partition coefficient (Wildman–Crippen LogP) is 6.24. The van der Waals surface area contributed by atoms with Crippen LogP contribution in [0, 0.1) is 19.8 Å². The summed E-state index contributed by atoms with van der Waals surface area (Å²) in [6.07, 6.45) is 0. The average molecular weight is 496 g/mol. The standard InChI is InChI=1S/C26H23Cl2N3O3/c1-14-10-15(2)12-19(11-14)31-25(33)30-23-20-13-17(28)6-9-21(20)34-26(31,3)22(23)24(32)29-18-7-4-16(27)5-8-18/h4-13,22-23H,1-3H3,(H,29,32)(H,30,33). The van der Waals surface area contributed by atoms with Gasteiger partial charge in [-0.25, -0.2) is 4.79 Å². The number of aryl methyl sites for hydroxylation is 2. The molecule has 2 N–H and O–H groups in total. The highest BCUT2D eigenvalue weighted by Crippen LogP contribution is 2.50. The first kappa shape index (κ1) is 22.6. The van der Waals surface area contributed by atoms with Gasteiger partial charge in [-0.1, -0.05) is 29.3 Å². The second-order valence-corrected chi connectivity index (χ2v) is 9.79. The first-order valence-electron chi connectivity index (χ1n) is 10.9. The lowest BCUT2D eigenvalue weighted by atomic mass is 9.78. The highest BCUT2D eigenvalue weighted by molar-refractivity contribution is 6.31. The number of halogens is 2. The van der Waals surface area contributed by atoms with Gasteiger partial charge < -0.3 is 15.4 Å². The van der Waals surface area contributed by atoms with Gasteiger partial charge in [0.15, 0.2) is 0 Å². The second-order valence-electron chi connectivity index (χ2n) is 8.92. The molecule has 0 aliphatic carbocycles. The Morgan fingerprint density at radius 1 is 1.00 bits per heavy atom. The number of urea groups is 1. The Kier molecular flexibility index (Phi) is 5.46. The number of hydrogen-bond donors (Lipinski definition) is 2. The lowest BCUT2D eigenvalue weighted by Crippen LogP contribution is -2.72. The molecule has 2 bridgehead atoms. The number of amides is 3. The molecule has 3 amide bonds. The van der Waals surface area contributed by atoms with Gasteiger partial charge in [0.2, 0.25) is 11.6 Å². The fourth-order valence-electron chi connectivity index (χ4n) is 4.98. The summed E-state index contributed by atoms with van der Waals surface area (Å²) >= 11 is 12.3. The van der Waals surface area contributed by atoms with Crippen LogP contribution in [0.4, 0.5) is 16.2 Å². The zero-order chi connectivity index (χ0) is 24.2. The molecule has 0 saturated carbocycles. The summed E-state index contributed by atoms with van der Waals surface area (Å²) in [6.45, 7) is 5.71. The van der Waals surface area contributed by atoms with Crippen molar-refractivity contribution in [2.75, 3.05) is 10.2 Å². The maximum atomic E-state index is 13.7. The Hall–Kier alpha value is -3.22. The average Bonchev–Trinajstić information content (AvgIpc) is 2.74. The van der Waals surface area contributed by atoms with Crippen LogP contribution >= 0.6 is 23.2 Å². The third-order valence-corrected chi connectivity index (χ3v) is 6.81. The van der Waals surface area contributed by atoms with Crippen molar-refractivity contribution < 1.29 is 14.3 Å². The molecule has 5 rings (SSSR count). The van der Waals surface area contributed by atoms with Crippen LogP contribution in [0.25, 0.3) is 0 Å². The maximum Gasteiger partial charge on any atom is 0.325 e. The molecule has 174 valence electrons. The van der Waals surface area contributed by atoms with Gasteiger partial charge in [-0.05, 0) is 86.5 Å². The number of hydrogen-bond acceptors (Lipinski definition) is 3. The van der Waals surface area contributed by atoms with Crippen LogP contribution in [0.1, 0.15) is 29.7 Å². The van der Waals surface area contributed by atoms with Crippen molar-refractivity contribution in [3.05, 3.63) is 87.4 Å². The Labute approximate surface area is 207 Å². The zero-order valence-corrected chi connectivity index (χ0v) is 20.4. The largest absolute Gasteiger partial charge is 0.466 e. The lowest BCUT2D eigenvalue weighted by molar-refractivity contribution is -0.131. The number of fused-ring (bicyclic) bond motifs is 4. The quantitative estimate of drug-likeness (QED) is 0.451. The number of carbonyl (C=O) groups is 2. The summed E-state index contributed by atoms with van der Waals surface area (Å²) in [4.78, 5) is 28.7. The van der Waals surface area contributed by atoms with E-state index in [1.807, 2.05) is 32.0 Å². The molecule has 1 fully saturated rings. The summed E-state index contributed by atoms with van der Waals surface area (Å²) < 4.78 is 6.48. The topological polar surface area (TPSA) is 70.7 Å². The van der Waals surface area contributed by atoms with Gasteiger partial charge in [0.05, 0.1) is 6.04 Å². The van der Waals surface area contributed by atoms with Crippen molar-refractivity contribution >= 4 is 46.5 Å². The predicted molar refractivity (Wildman–Crippen MR) is 134 cm³/mol. The third-order valence-electron chi connectivity index (χ3n) is 6.32. The van der Waals surface area contributed by atoms with Gasteiger partial charge in [0.25, 0.3) is 0 Å². The van der Waals surface area contributed by atoms with Crippen LogP contribution in [-0.2, 0) is 4.79 Å². The van der Waals surface area contributed by atoms with Crippen LogP contribution in [-0.4, -0.2) is 17.7 Å². The normalized spacial score (nSPS) is 23.0. The molecule has 8 heteroatoms. The molecule has 0 aromatic heterocycles. The van der Waals surface area contributed by atoms with E-state index in [2.05, 4.69) is 10.6 Å². The monoisotopic (exact) mass is 495 g/mol. The molecule has 1 saturated heterocycles. The van der Waals surface area contributed by atoms with Crippen molar-refractivity contribution in [1.82, 2.24) is 5.32 Å². The van der Waals surface area contributed by atoms with E-state index in [1.54, 1.807) is 49.4 Å². The molecule has 2 heterocycles. The van der Waals surface area contributed by atoms with Crippen LogP contribution in [0.15, 0.2) is 60.7 Å². The number of benzene rings is 3. The highest BCUT2D eigenvalue weighted by Gasteiger charge is 2.60. The Balaban J connectivity index is 1.64. The Morgan fingerprint density at radius 2 is 1.65 bits per heavy atom. The van der Waals surface area contributed by atoms with E-state index in [0.29, 0.717) is 32.7 Å². The lowest BCUT2D eigenvalue weighted by Gasteiger charge is -2.54. The van der Waals surface area contributed by atoms with Gasteiger partial charge in [-0.3, -0.25) is 9.69 Å². The Morgan fingerprint density at radius 3 is 2.32 bits per heavy atom. The minimum absolute atomic E-state index is 0.296. The maximum absolute atomic E-state index is 13.7. The SMILES string of the molecule is Cc1cc(C)cc(N2C(=O)NC3c4cc(Cl)ccc4OC2(C)C3C(=O)Nc2ccc(Cl)cc2)c1. The van der Waals surface area contributed by atoms with Gasteiger partial charge in [-0.2, -0.15) is 0 Å². The molecule has 3 atom stereocenters. The molecule has 3 unspecified atom stereocenters. The number of anilines is 2.